The van der Waals surface area contributed by atoms with E-state index in [4.69, 9.17) is 14.7 Å². The summed E-state index contributed by atoms with van der Waals surface area (Å²) in [5.41, 5.74) is 0.522. The number of carbonyl (C=O) groups is 1. The lowest BCUT2D eigenvalue weighted by Crippen LogP contribution is -2.30. The normalized spacial score (nSPS) is 18.0. The zero-order valence-corrected chi connectivity index (χ0v) is 10.1. The monoisotopic (exact) mass is 246 g/mol. The molecule has 1 aliphatic rings. The van der Waals surface area contributed by atoms with Crippen molar-refractivity contribution in [1.82, 2.24) is 5.32 Å². The highest BCUT2D eigenvalue weighted by Gasteiger charge is 2.21. The molecule has 1 fully saturated rings. The van der Waals surface area contributed by atoms with Crippen LogP contribution in [0.3, 0.4) is 0 Å². The van der Waals surface area contributed by atoms with Crippen molar-refractivity contribution in [3.8, 4) is 17.6 Å². The van der Waals surface area contributed by atoms with Crippen molar-refractivity contribution in [2.75, 3.05) is 13.7 Å². The van der Waals surface area contributed by atoms with Crippen molar-refractivity contribution in [2.45, 2.75) is 18.9 Å². The van der Waals surface area contributed by atoms with Crippen molar-refractivity contribution < 1.29 is 14.3 Å². The maximum atomic E-state index is 11.0. The van der Waals surface area contributed by atoms with Gasteiger partial charge >= 0.3 is 0 Å². The van der Waals surface area contributed by atoms with Gasteiger partial charge in [-0.1, -0.05) is 0 Å². The Bertz CT molecular complexity index is 493. The molecule has 0 aliphatic carbocycles. The van der Waals surface area contributed by atoms with Crippen LogP contribution in [0.25, 0.3) is 0 Å². The minimum absolute atomic E-state index is 0.0536. The van der Waals surface area contributed by atoms with Gasteiger partial charge in [-0.3, -0.25) is 4.79 Å². The number of nitrogens with one attached hydrogen (secondary N) is 1. The van der Waals surface area contributed by atoms with E-state index in [1.165, 1.54) is 7.11 Å². The van der Waals surface area contributed by atoms with Crippen LogP contribution in [0.2, 0.25) is 0 Å². The highest BCUT2D eigenvalue weighted by atomic mass is 16.5. The lowest BCUT2D eigenvalue weighted by atomic mass is 10.2. The van der Waals surface area contributed by atoms with Gasteiger partial charge in [0.15, 0.2) is 11.5 Å². The molecule has 1 amide bonds. The van der Waals surface area contributed by atoms with E-state index in [1.54, 1.807) is 18.2 Å². The average molecular weight is 246 g/mol. The molecule has 1 saturated heterocycles. The van der Waals surface area contributed by atoms with Crippen LogP contribution in [-0.2, 0) is 4.79 Å². The zero-order chi connectivity index (χ0) is 13.0. The minimum atomic E-state index is 0.0536. The summed E-state index contributed by atoms with van der Waals surface area (Å²) in [5.74, 6) is 1.17. The van der Waals surface area contributed by atoms with Crippen LogP contribution in [-0.4, -0.2) is 25.7 Å². The van der Waals surface area contributed by atoms with E-state index in [2.05, 4.69) is 5.32 Å². The maximum Gasteiger partial charge on any atom is 0.220 e. The van der Waals surface area contributed by atoms with Crippen molar-refractivity contribution in [1.29, 1.82) is 5.26 Å². The zero-order valence-electron chi connectivity index (χ0n) is 10.1. The number of ether oxygens (including phenoxy) is 2. The van der Waals surface area contributed by atoms with Gasteiger partial charge in [0.2, 0.25) is 5.91 Å². The second kappa shape index (κ2) is 5.41. The van der Waals surface area contributed by atoms with E-state index in [9.17, 15) is 4.79 Å². The highest BCUT2D eigenvalue weighted by molar-refractivity contribution is 5.78. The number of methoxy groups -OCH3 is 1. The van der Waals surface area contributed by atoms with Crippen LogP contribution in [0.15, 0.2) is 18.2 Å². The van der Waals surface area contributed by atoms with E-state index < -0.39 is 0 Å². The molecule has 1 N–H and O–H groups in total. The van der Waals surface area contributed by atoms with Crippen molar-refractivity contribution in [3.63, 3.8) is 0 Å². The lowest BCUT2D eigenvalue weighted by molar-refractivity contribution is -0.119. The minimum Gasteiger partial charge on any atom is -0.493 e. The topological polar surface area (TPSA) is 71.3 Å². The molecule has 0 saturated carbocycles. The molecule has 0 spiro atoms. The van der Waals surface area contributed by atoms with Crippen LogP contribution in [0.5, 0.6) is 11.5 Å². The van der Waals surface area contributed by atoms with Gasteiger partial charge in [-0.05, 0) is 18.6 Å². The number of nitrogens with zero attached hydrogens (tertiary/aromatic N) is 1. The summed E-state index contributed by atoms with van der Waals surface area (Å²) in [5, 5.41) is 11.6. The fourth-order valence-corrected chi connectivity index (χ4v) is 1.85. The second-order valence-corrected chi connectivity index (χ2v) is 4.09. The van der Waals surface area contributed by atoms with Crippen LogP contribution in [0.1, 0.15) is 18.4 Å². The Labute approximate surface area is 105 Å². The standard InChI is InChI=1S/C13H14N2O3/c1-17-12-6-9(7-14)2-4-11(12)18-8-10-3-5-13(16)15-10/h2,4,6,10H,3,5,8H2,1H3,(H,15,16). The van der Waals surface area contributed by atoms with Crippen LogP contribution < -0.4 is 14.8 Å². The second-order valence-electron chi connectivity index (χ2n) is 4.09. The molecule has 2 rings (SSSR count). The molecule has 1 aromatic carbocycles. The van der Waals surface area contributed by atoms with Crippen molar-refractivity contribution in [3.05, 3.63) is 23.8 Å². The number of nitriles is 1. The molecule has 1 aliphatic heterocycles. The molecular formula is C13H14N2O3. The summed E-state index contributed by atoms with van der Waals surface area (Å²) in [7, 11) is 1.53. The van der Waals surface area contributed by atoms with Crippen molar-refractivity contribution in [2.24, 2.45) is 0 Å². The third-order valence-electron chi connectivity index (χ3n) is 2.82. The molecule has 1 atom stereocenters. The van der Waals surface area contributed by atoms with Gasteiger partial charge < -0.3 is 14.8 Å². The van der Waals surface area contributed by atoms with Gasteiger partial charge in [-0.15, -0.1) is 0 Å². The smallest absolute Gasteiger partial charge is 0.220 e. The molecule has 0 bridgehead atoms. The number of hydrogen-bond acceptors (Lipinski definition) is 4. The summed E-state index contributed by atoms with van der Waals surface area (Å²) >= 11 is 0. The molecular weight excluding hydrogens is 232 g/mol. The predicted molar refractivity (Wildman–Crippen MR) is 64.4 cm³/mol. The molecule has 1 heterocycles. The molecule has 1 aromatic rings. The Kier molecular flexibility index (Phi) is 3.68. The average Bonchev–Trinajstić information content (AvgIpc) is 2.82. The summed E-state index contributed by atoms with van der Waals surface area (Å²) < 4.78 is 10.8. The fraction of sp³-hybridized carbons (Fsp3) is 0.385. The SMILES string of the molecule is COc1cc(C#N)ccc1OCC1CCC(=O)N1. The maximum absolute atomic E-state index is 11.0. The summed E-state index contributed by atoms with van der Waals surface area (Å²) in [6.07, 6.45) is 1.34. The number of rotatable bonds is 4. The summed E-state index contributed by atoms with van der Waals surface area (Å²) in [6, 6.07) is 7.09. The number of benzene rings is 1. The van der Waals surface area contributed by atoms with Crippen LogP contribution in [0, 0.1) is 11.3 Å². The van der Waals surface area contributed by atoms with Gasteiger partial charge in [0.05, 0.1) is 24.8 Å². The van der Waals surface area contributed by atoms with Crippen LogP contribution in [0.4, 0.5) is 0 Å². The van der Waals surface area contributed by atoms with E-state index in [-0.39, 0.29) is 11.9 Å². The van der Waals surface area contributed by atoms with E-state index in [0.29, 0.717) is 30.1 Å². The first-order valence-corrected chi connectivity index (χ1v) is 5.73. The molecule has 1 unspecified atom stereocenters. The van der Waals surface area contributed by atoms with E-state index >= 15 is 0 Å². The van der Waals surface area contributed by atoms with Gasteiger partial charge in [-0.2, -0.15) is 5.26 Å². The van der Waals surface area contributed by atoms with E-state index in [1.807, 2.05) is 6.07 Å². The first kappa shape index (κ1) is 12.2. The predicted octanol–water partition coefficient (Wildman–Crippen LogP) is 1.22. The molecule has 5 heteroatoms. The summed E-state index contributed by atoms with van der Waals surface area (Å²) in [6.45, 7) is 0.411. The Hall–Kier alpha value is -2.22. The molecule has 0 radical (unpaired) electrons. The number of amides is 1. The number of carbonyl (C=O) groups excluding carboxylic acids is 1. The number of hydrogen-bond donors (Lipinski definition) is 1. The Morgan fingerprint density at radius 2 is 2.33 bits per heavy atom. The summed E-state index contributed by atoms with van der Waals surface area (Å²) in [4.78, 5) is 11.0. The highest BCUT2D eigenvalue weighted by Crippen LogP contribution is 2.28. The van der Waals surface area contributed by atoms with Gasteiger partial charge in [0.25, 0.3) is 0 Å². The van der Waals surface area contributed by atoms with Gasteiger partial charge in [0.1, 0.15) is 6.61 Å². The lowest BCUT2D eigenvalue weighted by Gasteiger charge is -2.14. The molecule has 18 heavy (non-hydrogen) atoms. The van der Waals surface area contributed by atoms with Gasteiger partial charge in [-0.25, -0.2) is 0 Å². The Morgan fingerprint density at radius 3 is 2.94 bits per heavy atom. The quantitative estimate of drug-likeness (QED) is 0.867. The molecule has 94 valence electrons. The third kappa shape index (κ3) is 2.72. The molecule has 0 aromatic heterocycles. The molecule has 5 nitrogen and oxygen atoms in total. The Balaban J connectivity index is 2.00. The fourth-order valence-electron chi connectivity index (χ4n) is 1.85. The van der Waals surface area contributed by atoms with Gasteiger partial charge in [0, 0.05) is 12.5 Å². The largest absolute Gasteiger partial charge is 0.493 e. The van der Waals surface area contributed by atoms with Crippen LogP contribution >= 0.6 is 0 Å². The van der Waals surface area contributed by atoms with Crippen molar-refractivity contribution >= 4 is 5.91 Å². The Morgan fingerprint density at radius 1 is 1.50 bits per heavy atom. The third-order valence-corrected chi connectivity index (χ3v) is 2.82. The van der Waals surface area contributed by atoms with E-state index in [0.717, 1.165) is 6.42 Å². The first-order chi connectivity index (χ1) is 8.72. The first-order valence-electron chi connectivity index (χ1n) is 5.73.